The van der Waals surface area contributed by atoms with Crippen LogP contribution in [0.15, 0.2) is 30.3 Å². The summed E-state index contributed by atoms with van der Waals surface area (Å²) in [6.45, 7) is 1.96. The molecule has 2 N–H and O–H groups in total. The van der Waals surface area contributed by atoms with Crippen molar-refractivity contribution >= 4 is 11.8 Å². The zero-order chi connectivity index (χ0) is 10.6. The lowest BCUT2D eigenvalue weighted by Gasteiger charge is -2.11. The summed E-state index contributed by atoms with van der Waals surface area (Å²) in [6, 6.07) is 8.49. The van der Waals surface area contributed by atoms with Gasteiger partial charge in [0.05, 0.1) is 0 Å². The maximum Gasteiger partial charge on any atom is 0.0361 e. The molecule has 1 atom stereocenters. The number of rotatable bonds is 3. The van der Waals surface area contributed by atoms with E-state index in [0.29, 0.717) is 0 Å². The fourth-order valence-electron chi connectivity index (χ4n) is 1.15. The van der Waals surface area contributed by atoms with Crippen LogP contribution in [0, 0.1) is 0 Å². The van der Waals surface area contributed by atoms with Crippen molar-refractivity contribution in [3.05, 3.63) is 35.9 Å². The predicted molar refractivity (Wildman–Crippen MR) is 63.5 cm³/mol. The molecule has 0 aliphatic rings. The zero-order valence-electron chi connectivity index (χ0n) is 9.07. The van der Waals surface area contributed by atoms with Crippen LogP contribution in [0.2, 0.25) is 0 Å². The van der Waals surface area contributed by atoms with Gasteiger partial charge in [-0.25, -0.2) is 0 Å². The molecule has 0 saturated carbocycles. The van der Waals surface area contributed by atoms with Crippen LogP contribution in [0.1, 0.15) is 12.5 Å². The Bertz CT molecular complexity index is 297. The highest BCUT2D eigenvalue weighted by Crippen LogP contribution is 2.13. The fourth-order valence-corrected chi connectivity index (χ4v) is 1.15. The van der Waals surface area contributed by atoms with Crippen molar-refractivity contribution in [2.75, 3.05) is 19.0 Å². The van der Waals surface area contributed by atoms with Crippen molar-refractivity contribution in [2.45, 2.75) is 13.0 Å². The highest BCUT2D eigenvalue weighted by molar-refractivity contribution is 5.55. The summed E-state index contributed by atoms with van der Waals surface area (Å²) in [6.07, 6.45) is 4.04. The molecule has 0 heterocycles. The van der Waals surface area contributed by atoms with Gasteiger partial charge in [-0.2, -0.15) is 0 Å². The van der Waals surface area contributed by atoms with Gasteiger partial charge in [-0.1, -0.05) is 24.3 Å². The highest BCUT2D eigenvalue weighted by Gasteiger charge is 1.93. The smallest absolute Gasteiger partial charge is 0.0361 e. The second kappa shape index (κ2) is 4.82. The standard InChI is InChI=1S/C12H18N2/c1-10(13)4-5-11-6-8-12(9-7-11)14(2)3/h4-10H,13H2,1-3H3/b5-4+. The second-order valence-corrected chi connectivity index (χ2v) is 3.70. The summed E-state index contributed by atoms with van der Waals surface area (Å²) in [5.41, 5.74) is 8.02. The van der Waals surface area contributed by atoms with Crippen LogP contribution in [-0.2, 0) is 0 Å². The van der Waals surface area contributed by atoms with Gasteiger partial charge >= 0.3 is 0 Å². The zero-order valence-corrected chi connectivity index (χ0v) is 9.07. The van der Waals surface area contributed by atoms with Gasteiger partial charge < -0.3 is 10.6 Å². The lowest BCUT2D eigenvalue weighted by Crippen LogP contribution is -2.10. The van der Waals surface area contributed by atoms with E-state index in [-0.39, 0.29) is 6.04 Å². The first-order valence-corrected chi connectivity index (χ1v) is 4.81. The molecule has 14 heavy (non-hydrogen) atoms. The van der Waals surface area contributed by atoms with E-state index in [2.05, 4.69) is 29.2 Å². The van der Waals surface area contributed by atoms with E-state index in [4.69, 9.17) is 5.73 Å². The van der Waals surface area contributed by atoms with Gasteiger partial charge in [0.25, 0.3) is 0 Å². The Morgan fingerprint density at radius 2 is 1.79 bits per heavy atom. The largest absolute Gasteiger partial charge is 0.378 e. The molecule has 0 radical (unpaired) electrons. The monoisotopic (exact) mass is 190 g/mol. The molecule has 1 unspecified atom stereocenters. The molecule has 0 aromatic heterocycles. The average molecular weight is 190 g/mol. The highest BCUT2D eigenvalue weighted by atomic mass is 15.1. The van der Waals surface area contributed by atoms with E-state index in [9.17, 15) is 0 Å². The summed E-state index contributed by atoms with van der Waals surface area (Å²) in [5.74, 6) is 0. The summed E-state index contributed by atoms with van der Waals surface area (Å²) >= 11 is 0. The maximum atomic E-state index is 5.62. The van der Waals surface area contributed by atoms with Crippen molar-refractivity contribution in [3.63, 3.8) is 0 Å². The molecule has 0 aliphatic carbocycles. The lowest BCUT2D eigenvalue weighted by molar-refractivity contribution is 0.931. The Balaban J connectivity index is 2.73. The van der Waals surface area contributed by atoms with Gasteiger partial charge in [-0.3, -0.25) is 0 Å². The van der Waals surface area contributed by atoms with Crippen molar-refractivity contribution in [2.24, 2.45) is 5.73 Å². The van der Waals surface area contributed by atoms with Crippen molar-refractivity contribution in [3.8, 4) is 0 Å². The van der Waals surface area contributed by atoms with Crippen LogP contribution in [0.4, 0.5) is 5.69 Å². The van der Waals surface area contributed by atoms with Crippen LogP contribution >= 0.6 is 0 Å². The maximum absolute atomic E-state index is 5.62. The van der Waals surface area contributed by atoms with Crippen molar-refractivity contribution < 1.29 is 0 Å². The first-order valence-electron chi connectivity index (χ1n) is 4.81. The third-order valence-corrected chi connectivity index (χ3v) is 2.00. The second-order valence-electron chi connectivity index (χ2n) is 3.70. The van der Waals surface area contributed by atoms with Crippen LogP contribution < -0.4 is 10.6 Å². The van der Waals surface area contributed by atoms with Crippen LogP contribution in [-0.4, -0.2) is 20.1 Å². The van der Waals surface area contributed by atoms with Gasteiger partial charge in [0.1, 0.15) is 0 Å². The van der Waals surface area contributed by atoms with E-state index in [0.717, 1.165) is 0 Å². The number of hydrogen-bond acceptors (Lipinski definition) is 2. The molecular formula is C12H18N2. The van der Waals surface area contributed by atoms with Crippen molar-refractivity contribution in [1.82, 2.24) is 0 Å². The Morgan fingerprint density at radius 3 is 2.21 bits per heavy atom. The molecule has 0 bridgehead atoms. The molecular weight excluding hydrogens is 172 g/mol. The molecule has 0 saturated heterocycles. The minimum atomic E-state index is 0.114. The first kappa shape index (κ1) is 10.8. The Morgan fingerprint density at radius 1 is 1.21 bits per heavy atom. The van der Waals surface area contributed by atoms with Gasteiger partial charge in [0.15, 0.2) is 0 Å². The van der Waals surface area contributed by atoms with Crippen LogP contribution in [0.5, 0.6) is 0 Å². The summed E-state index contributed by atoms with van der Waals surface area (Å²) < 4.78 is 0. The number of benzene rings is 1. The third-order valence-electron chi connectivity index (χ3n) is 2.00. The van der Waals surface area contributed by atoms with Gasteiger partial charge in [0.2, 0.25) is 0 Å². The van der Waals surface area contributed by atoms with Gasteiger partial charge in [-0.05, 0) is 24.6 Å². The molecule has 0 aliphatic heterocycles. The average Bonchev–Trinajstić information content (AvgIpc) is 2.15. The summed E-state index contributed by atoms with van der Waals surface area (Å²) in [5, 5.41) is 0. The normalized spacial score (nSPS) is 13.1. The third kappa shape index (κ3) is 3.23. The Kier molecular flexibility index (Phi) is 3.72. The van der Waals surface area contributed by atoms with E-state index >= 15 is 0 Å². The minimum Gasteiger partial charge on any atom is -0.378 e. The number of anilines is 1. The molecule has 1 aromatic carbocycles. The van der Waals surface area contributed by atoms with E-state index in [1.54, 1.807) is 0 Å². The Labute approximate surface area is 86.0 Å². The topological polar surface area (TPSA) is 29.3 Å². The van der Waals surface area contributed by atoms with Crippen LogP contribution in [0.25, 0.3) is 6.08 Å². The van der Waals surface area contributed by atoms with Gasteiger partial charge in [-0.15, -0.1) is 0 Å². The fraction of sp³-hybridized carbons (Fsp3) is 0.333. The molecule has 76 valence electrons. The molecule has 2 heteroatoms. The molecule has 1 rings (SSSR count). The summed E-state index contributed by atoms with van der Waals surface area (Å²) in [4.78, 5) is 2.08. The molecule has 2 nitrogen and oxygen atoms in total. The van der Waals surface area contributed by atoms with Gasteiger partial charge in [0, 0.05) is 25.8 Å². The molecule has 1 aromatic rings. The number of hydrogen-bond donors (Lipinski definition) is 1. The van der Waals surface area contributed by atoms with E-state index < -0.39 is 0 Å². The first-order chi connectivity index (χ1) is 6.59. The van der Waals surface area contributed by atoms with E-state index in [1.165, 1.54) is 11.3 Å². The lowest BCUT2D eigenvalue weighted by atomic mass is 10.1. The minimum absolute atomic E-state index is 0.114. The molecule has 0 spiro atoms. The molecule has 0 amide bonds. The number of nitrogens with zero attached hydrogens (tertiary/aromatic N) is 1. The van der Waals surface area contributed by atoms with Crippen molar-refractivity contribution in [1.29, 1.82) is 0 Å². The Hall–Kier alpha value is -1.28. The quantitative estimate of drug-likeness (QED) is 0.791. The van der Waals surface area contributed by atoms with E-state index in [1.807, 2.05) is 33.2 Å². The van der Waals surface area contributed by atoms with Crippen LogP contribution in [0.3, 0.4) is 0 Å². The predicted octanol–water partition coefficient (Wildman–Crippen LogP) is 2.11. The molecule has 0 fully saturated rings. The summed E-state index contributed by atoms with van der Waals surface area (Å²) in [7, 11) is 4.07. The number of nitrogens with two attached hydrogens (primary N) is 1. The SMILES string of the molecule is CC(N)/C=C/c1ccc(N(C)C)cc1.